The van der Waals surface area contributed by atoms with Crippen molar-refractivity contribution in [3.63, 3.8) is 0 Å². The average Bonchev–Trinajstić information content (AvgIpc) is 3.50. The van der Waals surface area contributed by atoms with Crippen LogP contribution < -0.4 is 10.7 Å². The molecule has 0 aliphatic rings. The first-order chi connectivity index (χ1) is 16.0. The van der Waals surface area contributed by atoms with Gasteiger partial charge in [-0.05, 0) is 0 Å². The normalized spacial score (nSPS) is 11.2. The van der Waals surface area contributed by atoms with E-state index in [2.05, 4.69) is 20.5 Å². The number of amides is 1. The number of hydrogen-bond donors (Lipinski definition) is 4. The molecule has 164 valence electrons. The number of aromatic carboxylic acids is 1. The number of anilines is 1. The lowest BCUT2D eigenvalue weighted by Crippen LogP contribution is -2.85. The standard InChI is InChI=1S/C22H16N6O3S2/c23-17(14-9-5-2-6-10-14)18(27-28-21-24-11-16(33-21)20(30)31)19(29)26-22-25-15(12-32-22)13-7-3-1-4-8-13/h1-12,23H,(H,24,28)(H,30,31)(H,25,26,29)/p+1/b23-17?,27-18+. The van der Waals surface area contributed by atoms with Crippen molar-refractivity contribution >= 4 is 56.2 Å². The second-order valence-electron chi connectivity index (χ2n) is 6.59. The molecule has 0 radical (unpaired) electrons. The van der Waals surface area contributed by atoms with Gasteiger partial charge in [-0.25, -0.2) is 19.9 Å². The Morgan fingerprint density at radius 2 is 1.76 bits per heavy atom. The van der Waals surface area contributed by atoms with Crippen LogP contribution in [0.15, 0.2) is 77.3 Å². The third-order valence-corrected chi connectivity index (χ3v) is 6.04. The predicted molar refractivity (Wildman–Crippen MR) is 128 cm³/mol. The van der Waals surface area contributed by atoms with Crippen molar-refractivity contribution in [3.05, 3.63) is 82.7 Å². The molecule has 5 N–H and O–H groups in total. The lowest BCUT2D eigenvalue weighted by atomic mass is 10.1. The summed E-state index contributed by atoms with van der Waals surface area (Å²) in [6.07, 6.45) is 1.20. The zero-order valence-corrected chi connectivity index (χ0v) is 18.6. The minimum atomic E-state index is -1.11. The number of carbonyl (C=O) groups excluding carboxylic acids is 1. The SMILES string of the molecule is N=C(/C(=N\Nc1ncc(C(=O)O)s1)C(=O)[NH2+]c1nc(-c2ccccc2)cs1)c1ccccc1. The summed E-state index contributed by atoms with van der Waals surface area (Å²) in [6, 6.07) is 18.3. The molecule has 33 heavy (non-hydrogen) atoms. The third kappa shape index (κ3) is 5.41. The van der Waals surface area contributed by atoms with E-state index < -0.39 is 11.9 Å². The molecule has 0 saturated carbocycles. The van der Waals surface area contributed by atoms with E-state index in [1.165, 1.54) is 22.9 Å². The van der Waals surface area contributed by atoms with E-state index in [-0.39, 0.29) is 21.4 Å². The van der Waals surface area contributed by atoms with Crippen LogP contribution in [0.2, 0.25) is 0 Å². The van der Waals surface area contributed by atoms with Gasteiger partial charge in [-0.1, -0.05) is 83.3 Å². The highest BCUT2D eigenvalue weighted by Gasteiger charge is 2.25. The summed E-state index contributed by atoms with van der Waals surface area (Å²) in [6.45, 7) is 0. The molecule has 0 unspecified atom stereocenters. The second-order valence-corrected chi connectivity index (χ2v) is 8.51. The van der Waals surface area contributed by atoms with Gasteiger partial charge in [-0.15, -0.1) is 0 Å². The highest BCUT2D eigenvalue weighted by atomic mass is 32.1. The van der Waals surface area contributed by atoms with Gasteiger partial charge < -0.3 is 5.11 Å². The first kappa shape index (κ1) is 22.1. The Labute approximate surface area is 196 Å². The molecule has 11 heteroatoms. The van der Waals surface area contributed by atoms with Gasteiger partial charge in [0, 0.05) is 16.5 Å². The number of aromatic nitrogens is 2. The zero-order chi connectivity index (χ0) is 23.2. The summed E-state index contributed by atoms with van der Waals surface area (Å²) < 4.78 is 0. The quantitative estimate of drug-likeness (QED) is 0.226. The maximum atomic E-state index is 13.1. The first-order valence-corrected chi connectivity index (χ1v) is 11.3. The van der Waals surface area contributed by atoms with Crippen LogP contribution in [-0.4, -0.2) is 38.4 Å². The maximum Gasteiger partial charge on any atom is 0.372 e. The van der Waals surface area contributed by atoms with Crippen molar-refractivity contribution in [2.24, 2.45) is 5.10 Å². The Morgan fingerprint density at radius 1 is 1.06 bits per heavy atom. The summed E-state index contributed by atoms with van der Waals surface area (Å²) in [5.41, 5.74) is 4.56. The summed E-state index contributed by atoms with van der Waals surface area (Å²) in [4.78, 5) is 32.6. The molecule has 0 aliphatic heterocycles. The van der Waals surface area contributed by atoms with E-state index in [0.717, 1.165) is 22.6 Å². The van der Waals surface area contributed by atoms with Gasteiger partial charge in [0.25, 0.3) is 5.13 Å². The van der Waals surface area contributed by atoms with E-state index in [9.17, 15) is 9.59 Å². The van der Waals surface area contributed by atoms with E-state index >= 15 is 0 Å². The molecule has 2 aromatic heterocycles. The first-order valence-electron chi connectivity index (χ1n) is 9.58. The highest BCUT2D eigenvalue weighted by Crippen LogP contribution is 2.22. The van der Waals surface area contributed by atoms with Crippen LogP contribution in [0.5, 0.6) is 0 Å². The van der Waals surface area contributed by atoms with Crippen molar-refractivity contribution in [2.75, 3.05) is 5.43 Å². The molecule has 4 rings (SSSR count). The number of hydrogen-bond acceptors (Lipinski definition) is 9. The monoisotopic (exact) mass is 477 g/mol. The molecule has 0 fully saturated rings. The lowest BCUT2D eigenvalue weighted by Gasteiger charge is -2.05. The van der Waals surface area contributed by atoms with E-state index in [0.29, 0.717) is 10.7 Å². The minimum Gasteiger partial charge on any atom is -0.477 e. The molecule has 2 aromatic carbocycles. The van der Waals surface area contributed by atoms with E-state index in [1.807, 2.05) is 41.8 Å². The molecular weight excluding hydrogens is 460 g/mol. The number of nitrogens with two attached hydrogens (primary N) is 1. The molecule has 0 spiro atoms. The average molecular weight is 478 g/mol. The van der Waals surface area contributed by atoms with E-state index in [4.69, 9.17) is 10.5 Å². The molecule has 1 amide bonds. The molecule has 4 aromatic rings. The summed E-state index contributed by atoms with van der Waals surface area (Å²) in [7, 11) is 0. The number of primary amides is 1. The van der Waals surface area contributed by atoms with Gasteiger partial charge >= 0.3 is 11.9 Å². The summed E-state index contributed by atoms with van der Waals surface area (Å²) in [5.74, 6) is -1.62. The molecular formula is C22H17N6O3S2+. The van der Waals surface area contributed by atoms with Crippen molar-refractivity contribution < 1.29 is 20.0 Å². The number of benzene rings is 2. The number of carboxylic acid groups (broad SMARTS) is 1. The Morgan fingerprint density at radius 3 is 2.42 bits per heavy atom. The van der Waals surface area contributed by atoms with Gasteiger partial charge in [0.2, 0.25) is 10.8 Å². The number of nitrogens with one attached hydrogen (secondary N) is 2. The van der Waals surface area contributed by atoms with Crippen molar-refractivity contribution in [2.45, 2.75) is 0 Å². The largest absolute Gasteiger partial charge is 0.477 e. The Kier molecular flexibility index (Phi) is 6.74. The lowest BCUT2D eigenvalue weighted by molar-refractivity contribution is -0.474. The van der Waals surface area contributed by atoms with Crippen LogP contribution in [-0.2, 0) is 4.79 Å². The topological polar surface area (TPSA) is 145 Å². The van der Waals surface area contributed by atoms with Crippen LogP contribution in [0.1, 0.15) is 15.2 Å². The Balaban J connectivity index is 1.58. The minimum absolute atomic E-state index is 0.0292. The van der Waals surface area contributed by atoms with Crippen LogP contribution >= 0.6 is 22.7 Å². The van der Waals surface area contributed by atoms with Crippen LogP contribution in [0, 0.1) is 5.41 Å². The number of nitrogens with zero attached hydrogens (tertiary/aromatic N) is 3. The number of thiazole rings is 2. The number of carboxylic acids is 1. The number of hydrazone groups is 1. The number of rotatable bonds is 8. The Bertz CT molecular complexity index is 1330. The smallest absolute Gasteiger partial charge is 0.372 e. The van der Waals surface area contributed by atoms with Gasteiger partial charge in [0.1, 0.15) is 4.88 Å². The fraction of sp³-hybridized carbons (Fsp3) is 0. The molecule has 0 saturated heterocycles. The van der Waals surface area contributed by atoms with Crippen LogP contribution in [0.25, 0.3) is 11.3 Å². The molecule has 0 aliphatic carbocycles. The number of quaternary nitrogens is 1. The maximum absolute atomic E-state index is 13.1. The Hall–Kier alpha value is -4.06. The van der Waals surface area contributed by atoms with E-state index in [1.54, 1.807) is 24.3 Å². The molecule has 9 nitrogen and oxygen atoms in total. The van der Waals surface area contributed by atoms with Crippen molar-refractivity contribution in [1.82, 2.24) is 9.97 Å². The third-order valence-electron chi connectivity index (χ3n) is 4.36. The second kappa shape index (κ2) is 10.0. The number of carbonyl (C=O) groups is 2. The van der Waals surface area contributed by atoms with Gasteiger partial charge in [-0.3, -0.25) is 10.8 Å². The van der Waals surface area contributed by atoms with Gasteiger partial charge in [-0.2, -0.15) is 10.1 Å². The fourth-order valence-electron chi connectivity index (χ4n) is 2.78. The highest BCUT2D eigenvalue weighted by molar-refractivity contribution is 7.17. The zero-order valence-electron chi connectivity index (χ0n) is 16.9. The predicted octanol–water partition coefficient (Wildman–Crippen LogP) is 3.22. The fourth-order valence-corrected chi connectivity index (χ4v) is 4.13. The van der Waals surface area contributed by atoms with Crippen molar-refractivity contribution in [3.8, 4) is 11.3 Å². The summed E-state index contributed by atoms with van der Waals surface area (Å²) >= 11 is 2.19. The van der Waals surface area contributed by atoms with Crippen molar-refractivity contribution in [1.29, 1.82) is 5.41 Å². The van der Waals surface area contributed by atoms with Gasteiger partial charge in [0.05, 0.1) is 17.6 Å². The van der Waals surface area contributed by atoms with Gasteiger partial charge in [0.15, 0.2) is 0 Å². The van der Waals surface area contributed by atoms with Crippen LogP contribution in [0.4, 0.5) is 10.3 Å². The molecule has 0 bridgehead atoms. The molecule has 0 atom stereocenters. The molecule has 2 heterocycles. The summed E-state index contributed by atoms with van der Waals surface area (Å²) in [5, 5.41) is 25.5. The van der Waals surface area contributed by atoms with Crippen LogP contribution in [0.3, 0.4) is 0 Å².